The third-order valence-corrected chi connectivity index (χ3v) is 4.80. The van der Waals surface area contributed by atoms with Gasteiger partial charge < -0.3 is 9.88 Å². The van der Waals surface area contributed by atoms with Crippen LogP contribution >= 0.6 is 15.9 Å². The highest BCUT2D eigenvalue weighted by atomic mass is 79.9. The number of carbonyl (C=O) groups excluding carboxylic acids is 1. The molecule has 3 rings (SSSR count). The Morgan fingerprint density at radius 3 is 2.54 bits per heavy atom. The number of rotatable bonds is 4. The fourth-order valence-electron chi connectivity index (χ4n) is 2.45. The number of imidazole rings is 1. The van der Waals surface area contributed by atoms with E-state index in [1.807, 2.05) is 62.5 Å². The maximum Gasteiger partial charge on any atom is 0.255 e. The lowest BCUT2D eigenvalue weighted by atomic mass is 10.1. The van der Waals surface area contributed by atoms with Gasteiger partial charge in [-0.05, 0) is 55.3 Å². The van der Waals surface area contributed by atoms with Gasteiger partial charge in [0.25, 0.3) is 5.91 Å². The molecule has 0 aliphatic carbocycles. The maximum absolute atomic E-state index is 12.4. The van der Waals surface area contributed by atoms with E-state index in [0.29, 0.717) is 5.56 Å². The second-order valence-corrected chi connectivity index (χ2v) is 6.57. The highest BCUT2D eigenvalue weighted by Gasteiger charge is 2.07. The number of aryl methyl sites for hydroxylation is 2. The fraction of sp³-hybridized carbons (Fsp3) is 0.158. The van der Waals surface area contributed by atoms with Crippen LogP contribution in [-0.2, 0) is 6.54 Å². The average Bonchev–Trinajstić information content (AvgIpc) is 2.97. The summed E-state index contributed by atoms with van der Waals surface area (Å²) in [5, 5.41) is 2.93. The molecule has 24 heavy (non-hydrogen) atoms. The van der Waals surface area contributed by atoms with Crippen LogP contribution in [0.2, 0.25) is 0 Å². The quantitative estimate of drug-likeness (QED) is 0.717. The zero-order valence-corrected chi connectivity index (χ0v) is 15.2. The Labute approximate surface area is 149 Å². The van der Waals surface area contributed by atoms with Gasteiger partial charge in [0.15, 0.2) is 0 Å². The summed E-state index contributed by atoms with van der Waals surface area (Å²) >= 11 is 3.46. The highest BCUT2D eigenvalue weighted by molar-refractivity contribution is 9.10. The second-order valence-electron chi connectivity index (χ2n) is 5.72. The minimum absolute atomic E-state index is 0.109. The predicted molar refractivity (Wildman–Crippen MR) is 99.3 cm³/mol. The first-order valence-electron chi connectivity index (χ1n) is 7.67. The van der Waals surface area contributed by atoms with Gasteiger partial charge in [0.05, 0.1) is 0 Å². The van der Waals surface area contributed by atoms with Crippen LogP contribution in [-0.4, -0.2) is 15.5 Å². The van der Waals surface area contributed by atoms with Crippen LogP contribution in [0.15, 0.2) is 59.3 Å². The molecule has 0 saturated carbocycles. The Morgan fingerprint density at radius 2 is 1.92 bits per heavy atom. The molecule has 122 valence electrons. The lowest BCUT2D eigenvalue weighted by molar-refractivity contribution is 0.102. The van der Waals surface area contributed by atoms with Gasteiger partial charge in [-0.1, -0.05) is 28.1 Å². The van der Waals surface area contributed by atoms with Gasteiger partial charge in [-0.15, -0.1) is 0 Å². The first-order valence-corrected chi connectivity index (χ1v) is 8.46. The summed E-state index contributed by atoms with van der Waals surface area (Å²) in [6, 6.07) is 13.4. The van der Waals surface area contributed by atoms with Crippen molar-refractivity contribution in [1.29, 1.82) is 0 Å². The van der Waals surface area contributed by atoms with Gasteiger partial charge in [0, 0.05) is 34.7 Å². The van der Waals surface area contributed by atoms with Crippen molar-refractivity contribution >= 4 is 27.5 Å². The minimum atomic E-state index is -0.109. The molecule has 0 aliphatic rings. The highest BCUT2D eigenvalue weighted by Crippen LogP contribution is 2.20. The lowest BCUT2D eigenvalue weighted by Crippen LogP contribution is -2.12. The molecule has 0 aliphatic heterocycles. The molecule has 1 aromatic heterocycles. The van der Waals surface area contributed by atoms with Gasteiger partial charge in [-0.2, -0.15) is 0 Å². The number of hydrogen-bond donors (Lipinski definition) is 1. The summed E-state index contributed by atoms with van der Waals surface area (Å²) in [4.78, 5) is 16.6. The number of carbonyl (C=O) groups is 1. The molecule has 1 N–H and O–H groups in total. The molecular formula is C19H18BrN3O. The predicted octanol–water partition coefficient (Wildman–Crippen LogP) is 4.56. The van der Waals surface area contributed by atoms with Crippen molar-refractivity contribution in [3.63, 3.8) is 0 Å². The molecule has 3 aromatic rings. The summed E-state index contributed by atoms with van der Waals surface area (Å²) < 4.78 is 3.10. The molecule has 0 radical (unpaired) electrons. The number of hydrogen-bond acceptors (Lipinski definition) is 2. The number of anilines is 1. The van der Waals surface area contributed by atoms with Crippen LogP contribution < -0.4 is 5.32 Å². The van der Waals surface area contributed by atoms with Crippen LogP contribution in [0.4, 0.5) is 5.69 Å². The van der Waals surface area contributed by atoms with Crippen LogP contribution in [0.25, 0.3) is 0 Å². The summed E-state index contributed by atoms with van der Waals surface area (Å²) in [7, 11) is 0. The zero-order valence-electron chi connectivity index (χ0n) is 13.6. The molecule has 2 aromatic carbocycles. The molecule has 1 amide bonds. The molecule has 0 bridgehead atoms. The van der Waals surface area contributed by atoms with E-state index in [9.17, 15) is 4.79 Å². The summed E-state index contributed by atoms with van der Waals surface area (Å²) in [6.07, 6.45) is 3.74. The zero-order chi connectivity index (χ0) is 17.1. The Hall–Kier alpha value is -2.40. The van der Waals surface area contributed by atoms with E-state index in [1.165, 1.54) is 0 Å². The molecule has 0 unspecified atom stereocenters. The van der Waals surface area contributed by atoms with E-state index in [2.05, 4.69) is 30.8 Å². The molecule has 5 heteroatoms. The van der Waals surface area contributed by atoms with Crippen molar-refractivity contribution in [2.24, 2.45) is 0 Å². The van der Waals surface area contributed by atoms with E-state index < -0.39 is 0 Å². The van der Waals surface area contributed by atoms with Gasteiger partial charge in [-0.3, -0.25) is 4.79 Å². The molecule has 0 saturated heterocycles. The summed E-state index contributed by atoms with van der Waals surface area (Å²) in [6.45, 7) is 4.72. The Kier molecular flexibility index (Phi) is 4.81. The number of amides is 1. The van der Waals surface area contributed by atoms with E-state index in [-0.39, 0.29) is 5.91 Å². The SMILES string of the molecule is Cc1cc(NC(=O)c2ccc(Cn3ccnc3C)cc2)ccc1Br. The van der Waals surface area contributed by atoms with E-state index >= 15 is 0 Å². The lowest BCUT2D eigenvalue weighted by Gasteiger charge is -2.09. The van der Waals surface area contributed by atoms with Crippen molar-refractivity contribution < 1.29 is 4.79 Å². The number of benzene rings is 2. The standard InChI is InChI=1S/C19H18BrN3O/c1-13-11-17(7-8-18(13)20)22-19(24)16-5-3-15(4-6-16)12-23-10-9-21-14(23)2/h3-11H,12H2,1-2H3,(H,22,24). The maximum atomic E-state index is 12.4. The van der Waals surface area contributed by atoms with E-state index in [1.54, 1.807) is 6.20 Å². The molecule has 1 heterocycles. The third kappa shape index (κ3) is 3.74. The van der Waals surface area contributed by atoms with Crippen LogP contribution in [0.1, 0.15) is 27.3 Å². The van der Waals surface area contributed by atoms with Crippen molar-refractivity contribution in [2.75, 3.05) is 5.32 Å². The van der Waals surface area contributed by atoms with Gasteiger partial charge >= 0.3 is 0 Å². The topological polar surface area (TPSA) is 46.9 Å². The molecular weight excluding hydrogens is 366 g/mol. The van der Waals surface area contributed by atoms with Gasteiger partial charge in [0.2, 0.25) is 0 Å². The number of halogens is 1. The van der Waals surface area contributed by atoms with E-state index in [4.69, 9.17) is 0 Å². The smallest absolute Gasteiger partial charge is 0.255 e. The van der Waals surface area contributed by atoms with Crippen molar-refractivity contribution in [3.05, 3.63) is 81.8 Å². The Morgan fingerprint density at radius 1 is 1.17 bits per heavy atom. The van der Waals surface area contributed by atoms with Gasteiger partial charge in [0.1, 0.15) is 5.82 Å². The summed E-state index contributed by atoms with van der Waals surface area (Å²) in [5.41, 5.74) is 3.64. The molecule has 0 atom stereocenters. The van der Waals surface area contributed by atoms with Gasteiger partial charge in [-0.25, -0.2) is 4.98 Å². The number of nitrogens with zero attached hydrogens (tertiary/aromatic N) is 2. The van der Waals surface area contributed by atoms with Crippen LogP contribution in [0.3, 0.4) is 0 Å². The van der Waals surface area contributed by atoms with Crippen molar-refractivity contribution in [2.45, 2.75) is 20.4 Å². The minimum Gasteiger partial charge on any atom is -0.331 e. The average molecular weight is 384 g/mol. The first kappa shape index (κ1) is 16.5. The monoisotopic (exact) mass is 383 g/mol. The van der Waals surface area contributed by atoms with Crippen molar-refractivity contribution in [3.8, 4) is 0 Å². The molecule has 0 fully saturated rings. The largest absolute Gasteiger partial charge is 0.331 e. The summed E-state index contributed by atoms with van der Waals surface area (Å²) in [5.74, 6) is 0.865. The molecule has 0 spiro atoms. The Bertz CT molecular complexity index is 869. The van der Waals surface area contributed by atoms with Crippen molar-refractivity contribution in [1.82, 2.24) is 9.55 Å². The van der Waals surface area contributed by atoms with Crippen LogP contribution in [0, 0.1) is 13.8 Å². The number of nitrogens with one attached hydrogen (secondary N) is 1. The Balaban J connectivity index is 1.69. The third-order valence-electron chi connectivity index (χ3n) is 3.91. The van der Waals surface area contributed by atoms with E-state index in [0.717, 1.165) is 33.7 Å². The second kappa shape index (κ2) is 7.01. The normalized spacial score (nSPS) is 10.6. The molecule has 4 nitrogen and oxygen atoms in total. The first-order chi connectivity index (χ1) is 11.5. The van der Waals surface area contributed by atoms with Crippen LogP contribution in [0.5, 0.6) is 0 Å². The fourth-order valence-corrected chi connectivity index (χ4v) is 2.70. The number of aromatic nitrogens is 2.